The van der Waals surface area contributed by atoms with Crippen molar-refractivity contribution in [1.82, 2.24) is 4.90 Å². The first-order valence-electron chi connectivity index (χ1n) is 6.15. The molecule has 0 fully saturated rings. The van der Waals surface area contributed by atoms with Gasteiger partial charge in [0.25, 0.3) is 0 Å². The highest BCUT2D eigenvalue weighted by Crippen LogP contribution is 2.05. The molecule has 1 aromatic rings. The number of nitrogens with two attached hydrogens (primary N) is 1. The third-order valence-electron chi connectivity index (χ3n) is 2.68. The number of sulfone groups is 1. The van der Waals surface area contributed by atoms with Gasteiger partial charge in [0.1, 0.15) is 9.84 Å². The first-order valence-corrected chi connectivity index (χ1v) is 8.21. The first-order chi connectivity index (χ1) is 8.51. The third kappa shape index (κ3) is 6.74. The summed E-state index contributed by atoms with van der Waals surface area (Å²) in [4.78, 5) is 2.19. The maximum absolute atomic E-state index is 11.1. The Bertz CT molecular complexity index is 432. The molecule has 18 heavy (non-hydrogen) atoms. The summed E-state index contributed by atoms with van der Waals surface area (Å²) in [6, 6.07) is 10.1. The van der Waals surface area contributed by atoms with Crippen LogP contribution in [0.2, 0.25) is 0 Å². The highest BCUT2D eigenvalue weighted by Gasteiger charge is 2.07. The summed E-state index contributed by atoms with van der Waals surface area (Å²) in [5.74, 6) is 0.239. The van der Waals surface area contributed by atoms with Crippen LogP contribution in [0.15, 0.2) is 30.3 Å². The highest BCUT2D eigenvalue weighted by molar-refractivity contribution is 7.90. The van der Waals surface area contributed by atoms with Crippen LogP contribution in [0.1, 0.15) is 12.0 Å². The zero-order valence-electron chi connectivity index (χ0n) is 10.9. The number of benzene rings is 1. The van der Waals surface area contributed by atoms with E-state index in [0.29, 0.717) is 13.0 Å². The van der Waals surface area contributed by atoms with Crippen LogP contribution in [0.3, 0.4) is 0 Å². The summed E-state index contributed by atoms with van der Waals surface area (Å²) in [6.07, 6.45) is 1.93. The van der Waals surface area contributed by atoms with Crippen molar-refractivity contribution in [3.8, 4) is 0 Å². The van der Waals surface area contributed by atoms with Crippen LogP contribution in [0.5, 0.6) is 0 Å². The zero-order chi connectivity index (χ0) is 13.4. The molecule has 0 bridgehead atoms. The van der Waals surface area contributed by atoms with Gasteiger partial charge in [0.2, 0.25) is 0 Å². The van der Waals surface area contributed by atoms with Crippen LogP contribution in [-0.4, -0.2) is 45.0 Å². The molecule has 2 N–H and O–H groups in total. The topological polar surface area (TPSA) is 63.4 Å². The van der Waals surface area contributed by atoms with Gasteiger partial charge in [-0.05, 0) is 18.5 Å². The second-order valence-corrected chi connectivity index (χ2v) is 6.79. The predicted octanol–water partition coefficient (Wildman–Crippen LogP) is 0.882. The van der Waals surface area contributed by atoms with Gasteiger partial charge in [0, 0.05) is 25.9 Å². The molecule has 0 amide bonds. The number of hydrogen-bond donors (Lipinski definition) is 1. The van der Waals surface area contributed by atoms with Crippen molar-refractivity contribution in [1.29, 1.82) is 0 Å². The number of nitrogens with zero attached hydrogens (tertiary/aromatic N) is 1. The van der Waals surface area contributed by atoms with Gasteiger partial charge in [0.05, 0.1) is 5.75 Å². The van der Waals surface area contributed by atoms with E-state index in [0.717, 1.165) is 19.6 Å². The normalized spacial score (nSPS) is 11.9. The van der Waals surface area contributed by atoms with E-state index in [9.17, 15) is 8.42 Å². The molecule has 1 aromatic carbocycles. The van der Waals surface area contributed by atoms with E-state index in [1.165, 1.54) is 11.8 Å². The molecule has 0 aliphatic rings. The van der Waals surface area contributed by atoms with Crippen LogP contribution in [0, 0.1) is 0 Å². The summed E-state index contributed by atoms with van der Waals surface area (Å²) >= 11 is 0. The second kappa shape index (κ2) is 7.51. The first kappa shape index (κ1) is 15.1. The molecule has 0 saturated carbocycles. The smallest absolute Gasteiger partial charge is 0.147 e. The number of hydrogen-bond acceptors (Lipinski definition) is 4. The molecule has 102 valence electrons. The van der Waals surface area contributed by atoms with Gasteiger partial charge in [-0.25, -0.2) is 8.42 Å². The summed E-state index contributed by atoms with van der Waals surface area (Å²) < 4.78 is 22.2. The standard InChI is InChI=1S/C13H22N2O2S/c1-18(16,17)11-5-9-15(10-8-14)12-13-6-3-2-4-7-13/h2-4,6-7H,5,8-12,14H2,1H3. The average molecular weight is 270 g/mol. The minimum atomic E-state index is -2.87. The molecule has 0 heterocycles. The molecule has 5 heteroatoms. The minimum Gasteiger partial charge on any atom is -0.329 e. The fraction of sp³-hybridized carbons (Fsp3) is 0.538. The highest BCUT2D eigenvalue weighted by atomic mass is 32.2. The molecule has 0 radical (unpaired) electrons. The van der Waals surface area contributed by atoms with Crippen LogP contribution in [0.4, 0.5) is 0 Å². The van der Waals surface area contributed by atoms with Crippen molar-refractivity contribution < 1.29 is 8.42 Å². The molecule has 0 atom stereocenters. The predicted molar refractivity (Wildman–Crippen MR) is 75.1 cm³/mol. The molecule has 1 rings (SSSR count). The van der Waals surface area contributed by atoms with Gasteiger partial charge < -0.3 is 5.73 Å². The van der Waals surface area contributed by atoms with Gasteiger partial charge in [-0.1, -0.05) is 30.3 Å². The van der Waals surface area contributed by atoms with Gasteiger partial charge >= 0.3 is 0 Å². The lowest BCUT2D eigenvalue weighted by Gasteiger charge is -2.21. The molecule has 0 aliphatic heterocycles. The summed E-state index contributed by atoms with van der Waals surface area (Å²) in [5, 5.41) is 0. The fourth-order valence-corrected chi connectivity index (χ4v) is 2.50. The maximum Gasteiger partial charge on any atom is 0.147 e. The Labute approximate surface area is 110 Å². The van der Waals surface area contributed by atoms with Crippen molar-refractivity contribution in [2.75, 3.05) is 31.6 Å². The van der Waals surface area contributed by atoms with E-state index in [-0.39, 0.29) is 5.75 Å². The lowest BCUT2D eigenvalue weighted by atomic mass is 10.2. The lowest BCUT2D eigenvalue weighted by molar-refractivity contribution is 0.274. The molecule has 4 nitrogen and oxygen atoms in total. The number of rotatable bonds is 8. The maximum atomic E-state index is 11.1. The van der Waals surface area contributed by atoms with Crippen LogP contribution >= 0.6 is 0 Å². The zero-order valence-corrected chi connectivity index (χ0v) is 11.7. The SMILES string of the molecule is CS(=O)(=O)CCCN(CCN)Cc1ccccc1. The van der Waals surface area contributed by atoms with Crippen molar-refractivity contribution in [2.45, 2.75) is 13.0 Å². The molecular weight excluding hydrogens is 248 g/mol. The molecule has 0 saturated heterocycles. The summed E-state index contributed by atoms with van der Waals surface area (Å²) in [7, 11) is -2.87. The Morgan fingerprint density at radius 1 is 1.17 bits per heavy atom. The van der Waals surface area contributed by atoms with E-state index in [4.69, 9.17) is 5.73 Å². The monoisotopic (exact) mass is 270 g/mol. The fourth-order valence-electron chi connectivity index (χ4n) is 1.84. The van der Waals surface area contributed by atoms with Gasteiger partial charge in [-0.2, -0.15) is 0 Å². The van der Waals surface area contributed by atoms with E-state index in [1.54, 1.807) is 0 Å². The summed E-state index contributed by atoms with van der Waals surface area (Å²) in [5.41, 5.74) is 6.81. The van der Waals surface area contributed by atoms with Crippen LogP contribution < -0.4 is 5.73 Å². The van der Waals surface area contributed by atoms with Gasteiger partial charge in [-0.15, -0.1) is 0 Å². The molecule has 0 aliphatic carbocycles. The second-order valence-electron chi connectivity index (χ2n) is 4.53. The minimum absolute atomic E-state index is 0.239. The lowest BCUT2D eigenvalue weighted by Crippen LogP contribution is -2.31. The average Bonchev–Trinajstić information content (AvgIpc) is 2.29. The quantitative estimate of drug-likeness (QED) is 0.762. The molecule has 0 unspecified atom stereocenters. The van der Waals surface area contributed by atoms with E-state index >= 15 is 0 Å². The van der Waals surface area contributed by atoms with Crippen LogP contribution in [-0.2, 0) is 16.4 Å². The Morgan fingerprint density at radius 3 is 2.39 bits per heavy atom. The molecule has 0 spiro atoms. The van der Waals surface area contributed by atoms with E-state index < -0.39 is 9.84 Å². The van der Waals surface area contributed by atoms with Crippen molar-refractivity contribution >= 4 is 9.84 Å². The Hall–Kier alpha value is -0.910. The van der Waals surface area contributed by atoms with Crippen molar-refractivity contribution in [3.05, 3.63) is 35.9 Å². The Kier molecular flexibility index (Phi) is 6.32. The van der Waals surface area contributed by atoms with E-state index in [2.05, 4.69) is 17.0 Å². The molecule has 0 aromatic heterocycles. The Morgan fingerprint density at radius 2 is 1.83 bits per heavy atom. The largest absolute Gasteiger partial charge is 0.329 e. The summed E-state index contributed by atoms with van der Waals surface area (Å²) in [6.45, 7) is 2.96. The van der Waals surface area contributed by atoms with Gasteiger partial charge in [-0.3, -0.25) is 4.90 Å². The van der Waals surface area contributed by atoms with Gasteiger partial charge in [0.15, 0.2) is 0 Å². The van der Waals surface area contributed by atoms with E-state index in [1.807, 2.05) is 18.2 Å². The van der Waals surface area contributed by atoms with Crippen molar-refractivity contribution in [2.24, 2.45) is 5.73 Å². The molecular formula is C13H22N2O2S. The van der Waals surface area contributed by atoms with Crippen molar-refractivity contribution in [3.63, 3.8) is 0 Å². The van der Waals surface area contributed by atoms with Crippen LogP contribution in [0.25, 0.3) is 0 Å². The Balaban J connectivity index is 2.45. The third-order valence-corrected chi connectivity index (χ3v) is 3.71.